The van der Waals surface area contributed by atoms with Crippen molar-refractivity contribution >= 4 is 0 Å². The van der Waals surface area contributed by atoms with E-state index in [2.05, 4.69) is 53.6 Å². The molecule has 3 nitrogen and oxygen atoms in total. The molecule has 1 aromatic heterocycles. The molecule has 0 fully saturated rings. The Morgan fingerprint density at radius 3 is 1.86 bits per heavy atom. The monoisotopic (exact) mass is 275 g/mol. The third kappa shape index (κ3) is 4.96. The van der Waals surface area contributed by atoms with E-state index >= 15 is 0 Å². The number of aromatic nitrogens is 2. The minimum absolute atomic E-state index is 0.529. The number of hydrogen-bond acceptors (Lipinski definition) is 2. The Labute approximate surface area is 125 Å². The van der Waals surface area contributed by atoms with Crippen molar-refractivity contribution in [3.8, 4) is 17.2 Å². The highest BCUT2D eigenvalue weighted by molar-refractivity contribution is 5.62. The lowest BCUT2D eigenvalue weighted by atomic mass is 10.1. The molecule has 21 heavy (non-hydrogen) atoms. The van der Waals surface area contributed by atoms with Gasteiger partial charge in [0.05, 0.1) is 19.0 Å². The summed E-state index contributed by atoms with van der Waals surface area (Å²) in [4.78, 5) is 0. The van der Waals surface area contributed by atoms with Gasteiger partial charge >= 0.3 is 0 Å². The zero-order valence-electron chi connectivity index (χ0n) is 11.8. The minimum atomic E-state index is 0.529. The number of hydrogen-bond donors (Lipinski definition) is 0. The Morgan fingerprint density at radius 1 is 0.857 bits per heavy atom. The average molecular weight is 275 g/mol. The Kier molecular flexibility index (Phi) is 5.78. The molecule has 0 radical (unpaired) electrons. The molecule has 0 aliphatic rings. The largest absolute Gasteiger partial charge is 0.272 e. The van der Waals surface area contributed by atoms with Crippen LogP contribution < -0.4 is 0 Å². The lowest BCUT2D eigenvalue weighted by molar-refractivity contribution is 0.628. The quantitative estimate of drug-likeness (QED) is 0.720. The number of nitrogens with zero attached hydrogens (tertiary/aromatic N) is 3. The van der Waals surface area contributed by atoms with Gasteiger partial charge in [0.2, 0.25) is 0 Å². The van der Waals surface area contributed by atoms with Crippen molar-refractivity contribution in [1.29, 1.82) is 5.26 Å². The van der Waals surface area contributed by atoms with Crippen molar-refractivity contribution in [2.24, 2.45) is 0 Å². The van der Waals surface area contributed by atoms with Crippen LogP contribution in [0.4, 0.5) is 0 Å². The van der Waals surface area contributed by atoms with Crippen LogP contribution in [0, 0.1) is 11.3 Å². The zero-order valence-corrected chi connectivity index (χ0v) is 11.8. The molecule has 3 heteroatoms. The van der Waals surface area contributed by atoms with Crippen molar-refractivity contribution in [1.82, 2.24) is 9.78 Å². The number of aryl methyl sites for hydroxylation is 1. The Hall–Kier alpha value is -2.86. The summed E-state index contributed by atoms with van der Waals surface area (Å²) >= 11 is 0. The molecule has 0 saturated carbocycles. The molecule has 0 atom stereocenters. The molecule has 0 unspecified atom stereocenters. The van der Waals surface area contributed by atoms with Gasteiger partial charge in [0.1, 0.15) is 0 Å². The first kappa shape index (κ1) is 14.5. The van der Waals surface area contributed by atoms with Crippen molar-refractivity contribution < 1.29 is 0 Å². The van der Waals surface area contributed by atoms with Gasteiger partial charge < -0.3 is 0 Å². The van der Waals surface area contributed by atoms with Crippen LogP contribution in [0.25, 0.3) is 11.1 Å². The smallest absolute Gasteiger partial charge is 0.0641 e. The molecular weight excluding hydrogens is 258 g/mol. The first-order chi connectivity index (χ1) is 10.4. The van der Waals surface area contributed by atoms with E-state index in [1.54, 1.807) is 10.9 Å². The summed E-state index contributed by atoms with van der Waals surface area (Å²) in [6, 6.07) is 24.7. The Balaban J connectivity index is 0.000000161. The van der Waals surface area contributed by atoms with Crippen LogP contribution in [0.3, 0.4) is 0 Å². The van der Waals surface area contributed by atoms with Crippen LogP contribution in [0.2, 0.25) is 0 Å². The predicted molar refractivity (Wildman–Crippen MR) is 84.3 cm³/mol. The van der Waals surface area contributed by atoms with Crippen LogP contribution >= 0.6 is 0 Å². The molecule has 0 aliphatic carbocycles. The molecular formula is C18H17N3. The standard InChI is InChI=1S/C12H10.C6H7N3/c1-3-7-11(8-4-1)12-9-5-2-6-10-12;7-3-1-5-9-6-2-4-8-9/h1-10H;2,4,6H,1,5H2. The van der Waals surface area contributed by atoms with Crippen LogP contribution in [0.15, 0.2) is 79.1 Å². The van der Waals surface area contributed by atoms with E-state index < -0.39 is 0 Å². The van der Waals surface area contributed by atoms with Gasteiger partial charge in [-0.05, 0) is 17.2 Å². The van der Waals surface area contributed by atoms with Gasteiger partial charge in [0, 0.05) is 12.4 Å². The molecule has 3 aromatic rings. The van der Waals surface area contributed by atoms with E-state index in [1.807, 2.05) is 30.5 Å². The van der Waals surface area contributed by atoms with Gasteiger partial charge in [-0.3, -0.25) is 4.68 Å². The molecule has 0 saturated heterocycles. The highest BCUT2D eigenvalue weighted by Gasteiger charge is 1.91. The normalized spacial score (nSPS) is 9.29. The van der Waals surface area contributed by atoms with Crippen molar-refractivity contribution in [2.45, 2.75) is 13.0 Å². The molecule has 0 aliphatic heterocycles. The summed E-state index contributed by atoms with van der Waals surface area (Å²) in [6.45, 7) is 0.698. The van der Waals surface area contributed by atoms with Gasteiger partial charge in [0.25, 0.3) is 0 Å². The highest BCUT2D eigenvalue weighted by Crippen LogP contribution is 2.17. The van der Waals surface area contributed by atoms with Crippen LogP contribution in [-0.4, -0.2) is 9.78 Å². The zero-order chi connectivity index (χ0) is 14.8. The Bertz CT molecular complexity index is 615. The summed E-state index contributed by atoms with van der Waals surface area (Å²) in [5, 5.41) is 12.1. The van der Waals surface area contributed by atoms with Gasteiger partial charge in [-0.2, -0.15) is 10.4 Å². The third-order valence-corrected chi connectivity index (χ3v) is 2.89. The average Bonchev–Trinajstić information content (AvgIpc) is 3.09. The summed E-state index contributed by atoms with van der Waals surface area (Å²) in [5.74, 6) is 0. The number of rotatable bonds is 3. The van der Waals surface area contributed by atoms with Crippen LogP contribution in [0.1, 0.15) is 6.42 Å². The van der Waals surface area contributed by atoms with Gasteiger partial charge in [-0.25, -0.2) is 0 Å². The maximum atomic E-state index is 8.17. The van der Waals surface area contributed by atoms with E-state index in [0.717, 1.165) is 0 Å². The molecule has 104 valence electrons. The first-order valence-corrected chi connectivity index (χ1v) is 6.85. The first-order valence-electron chi connectivity index (χ1n) is 6.85. The molecule has 0 N–H and O–H groups in total. The second-order valence-electron chi connectivity index (χ2n) is 4.41. The maximum absolute atomic E-state index is 8.17. The van der Waals surface area contributed by atoms with E-state index in [-0.39, 0.29) is 0 Å². The summed E-state index contributed by atoms with van der Waals surface area (Å²) in [7, 11) is 0. The number of benzene rings is 2. The molecule has 0 spiro atoms. The van der Waals surface area contributed by atoms with Crippen LogP contribution in [-0.2, 0) is 6.54 Å². The van der Waals surface area contributed by atoms with E-state index in [1.165, 1.54) is 11.1 Å². The van der Waals surface area contributed by atoms with E-state index in [0.29, 0.717) is 13.0 Å². The maximum Gasteiger partial charge on any atom is 0.0641 e. The van der Waals surface area contributed by atoms with Crippen LogP contribution in [0.5, 0.6) is 0 Å². The highest BCUT2D eigenvalue weighted by atomic mass is 15.3. The van der Waals surface area contributed by atoms with Gasteiger partial charge in [0.15, 0.2) is 0 Å². The third-order valence-electron chi connectivity index (χ3n) is 2.89. The molecule has 0 bridgehead atoms. The predicted octanol–water partition coefficient (Wildman–Crippen LogP) is 4.15. The SMILES string of the molecule is N#CCCn1cccn1.c1ccc(-c2ccccc2)cc1. The topological polar surface area (TPSA) is 41.6 Å². The van der Waals surface area contributed by atoms with Crippen molar-refractivity contribution in [3.05, 3.63) is 79.1 Å². The van der Waals surface area contributed by atoms with Gasteiger partial charge in [-0.15, -0.1) is 0 Å². The fourth-order valence-corrected chi connectivity index (χ4v) is 1.86. The fourth-order valence-electron chi connectivity index (χ4n) is 1.86. The second-order valence-corrected chi connectivity index (χ2v) is 4.41. The minimum Gasteiger partial charge on any atom is -0.272 e. The van der Waals surface area contributed by atoms with Crippen molar-refractivity contribution in [2.75, 3.05) is 0 Å². The lowest BCUT2D eigenvalue weighted by Gasteiger charge is -1.98. The summed E-state index contributed by atoms with van der Waals surface area (Å²) < 4.78 is 1.74. The molecule has 3 rings (SSSR count). The van der Waals surface area contributed by atoms with Crippen molar-refractivity contribution in [3.63, 3.8) is 0 Å². The fraction of sp³-hybridized carbons (Fsp3) is 0.111. The number of nitriles is 1. The van der Waals surface area contributed by atoms with E-state index in [9.17, 15) is 0 Å². The summed E-state index contributed by atoms with van der Waals surface area (Å²) in [6.07, 6.45) is 4.08. The lowest BCUT2D eigenvalue weighted by Crippen LogP contribution is -1.95. The van der Waals surface area contributed by atoms with Gasteiger partial charge in [-0.1, -0.05) is 60.7 Å². The Morgan fingerprint density at radius 2 is 1.43 bits per heavy atom. The second kappa shape index (κ2) is 8.34. The van der Waals surface area contributed by atoms with E-state index in [4.69, 9.17) is 5.26 Å². The molecule has 2 aromatic carbocycles. The molecule has 0 amide bonds. The molecule has 1 heterocycles. The summed E-state index contributed by atoms with van der Waals surface area (Å²) in [5.41, 5.74) is 2.55.